The Morgan fingerprint density at radius 3 is 2.23 bits per heavy atom. The molecular formula is C24H27FN6O3S. The highest BCUT2D eigenvalue weighted by molar-refractivity contribution is 7.89. The van der Waals surface area contributed by atoms with Crippen LogP contribution in [-0.4, -0.2) is 68.9 Å². The number of hydrogen-bond acceptors (Lipinski definition) is 7. The molecule has 9 nitrogen and oxygen atoms in total. The Balaban J connectivity index is 1.33. The van der Waals surface area contributed by atoms with Gasteiger partial charge in [0, 0.05) is 64.8 Å². The van der Waals surface area contributed by atoms with E-state index in [9.17, 15) is 17.6 Å². The van der Waals surface area contributed by atoms with Gasteiger partial charge in [0.2, 0.25) is 16.0 Å². The van der Waals surface area contributed by atoms with Crippen molar-refractivity contribution >= 4 is 27.6 Å². The smallest absolute Gasteiger partial charge is 0.251 e. The van der Waals surface area contributed by atoms with E-state index in [0.29, 0.717) is 48.9 Å². The minimum absolute atomic E-state index is 0.105. The molecule has 0 atom stereocenters. The standard InChI is InChI=1S/C24H27FN6O3S/c1-29(2)35(33,34)20-7-5-19(6-8-20)23(32)28-17-18-4-9-22(21(25)16-18)30-12-14-31(15-13-30)24-26-10-3-11-27-24/h3-11,16H,12-15,17H2,1-2H3,(H,28,32). The Morgan fingerprint density at radius 1 is 1.00 bits per heavy atom. The largest absolute Gasteiger partial charge is 0.366 e. The first kappa shape index (κ1) is 24.6. The van der Waals surface area contributed by atoms with Crippen molar-refractivity contribution in [2.24, 2.45) is 0 Å². The third-order valence-corrected chi connectivity index (χ3v) is 7.64. The number of rotatable bonds is 7. The van der Waals surface area contributed by atoms with Crippen LogP contribution in [0.25, 0.3) is 0 Å². The van der Waals surface area contributed by atoms with Gasteiger partial charge in [0.1, 0.15) is 5.82 Å². The summed E-state index contributed by atoms with van der Waals surface area (Å²) in [5, 5.41) is 2.75. The summed E-state index contributed by atoms with van der Waals surface area (Å²) in [4.78, 5) is 25.2. The second-order valence-electron chi connectivity index (χ2n) is 8.30. The van der Waals surface area contributed by atoms with Gasteiger partial charge in [0.05, 0.1) is 10.6 Å². The molecule has 0 aliphatic carbocycles. The number of aromatic nitrogens is 2. The van der Waals surface area contributed by atoms with Crippen molar-refractivity contribution in [3.8, 4) is 0 Å². The van der Waals surface area contributed by atoms with E-state index in [1.54, 1.807) is 30.6 Å². The van der Waals surface area contributed by atoms with Gasteiger partial charge in [-0.25, -0.2) is 27.1 Å². The fourth-order valence-electron chi connectivity index (χ4n) is 3.79. The van der Waals surface area contributed by atoms with Crippen LogP contribution in [0.4, 0.5) is 16.0 Å². The number of amides is 1. The SMILES string of the molecule is CN(C)S(=O)(=O)c1ccc(C(=O)NCc2ccc(N3CCN(c4ncccn4)CC3)c(F)c2)cc1. The molecule has 1 aromatic heterocycles. The van der Waals surface area contributed by atoms with Crippen molar-refractivity contribution in [1.29, 1.82) is 0 Å². The van der Waals surface area contributed by atoms with Crippen LogP contribution in [0.15, 0.2) is 65.8 Å². The molecule has 0 unspecified atom stereocenters. The van der Waals surface area contributed by atoms with Crippen molar-refractivity contribution in [3.63, 3.8) is 0 Å². The van der Waals surface area contributed by atoms with Crippen molar-refractivity contribution in [1.82, 2.24) is 19.6 Å². The number of piperazine rings is 1. The summed E-state index contributed by atoms with van der Waals surface area (Å²) in [6, 6.07) is 12.4. The quantitative estimate of drug-likeness (QED) is 0.533. The number of nitrogens with zero attached hydrogens (tertiary/aromatic N) is 5. The number of sulfonamides is 1. The van der Waals surface area contributed by atoms with E-state index in [2.05, 4.69) is 20.2 Å². The lowest BCUT2D eigenvalue weighted by Gasteiger charge is -2.36. The molecule has 1 saturated heterocycles. The lowest BCUT2D eigenvalue weighted by Crippen LogP contribution is -2.47. The number of nitrogens with one attached hydrogen (secondary N) is 1. The Hall–Kier alpha value is -3.57. The first-order valence-electron chi connectivity index (χ1n) is 11.1. The number of carbonyl (C=O) groups is 1. The van der Waals surface area contributed by atoms with Crippen molar-refractivity contribution < 1.29 is 17.6 Å². The minimum atomic E-state index is -3.56. The average Bonchev–Trinajstić information content (AvgIpc) is 2.88. The first-order chi connectivity index (χ1) is 16.8. The molecule has 1 aliphatic rings. The van der Waals surface area contributed by atoms with Crippen molar-refractivity contribution in [2.45, 2.75) is 11.4 Å². The van der Waals surface area contributed by atoms with Crippen LogP contribution in [0.2, 0.25) is 0 Å². The fourth-order valence-corrected chi connectivity index (χ4v) is 4.69. The van der Waals surface area contributed by atoms with Crippen molar-refractivity contribution in [2.75, 3.05) is 50.1 Å². The predicted molar refractivity (Wildman–Crippen MR) is 131 cm³/mol. The topological polar surface area (TPSA) is 98.7 Å². The molecule has 0 bridgehead atoms. The monoisotopic (exact) mass is 498 g/mol. The van der Waals surface area contributed by atoms with Gasteiger partial charge >= 0.3 is 0 Å². The van der Waals surface area contributed by atoms with Gasteiger partial charge in [-0.2, -0.15) is 0 Å². The zero-order valence-electron chi connectivity index (χ0n) is 19.6. The zero-order chi connectivity index (χ0) is 25.0. The molecule has 1 aliphatic heterocycles. The highest BCUT2D eigenvalue weighted by Gasteiger charge is 2.21. The van der Waals surface area contributed by atoms with Crippen LogP contribution >= 0.6 is 0 Å². The van der Waals surface area contributed by atoms with E-state index < -0.39 is 10.0 Å². The lowest BCUT2D eigenvalue weighted by atomic mass is 10.1. The van der Waals surface area contributed by atoms with Gasteiger partial charge in [-0.3, -0.25) is 4.79 Å². The number of carbonyl (C=O) groups excluding carboxylic acids is 1. The number of benzene rings is 2. The predicted octanol–water partition coefficient (Wildman–Crippen LogP) is 2.12. The van der Waals surface area contributed by atoms with E-state index in [-0.39, 0.29) is 23.2 Å². The second-order valence-corrected chi connectivity index (χ2v) is 10.5. The maximum atomic E-state index is 14.9. The molecule has 184 valence electrons. The molecule has 35 heavy (non-hydrogen) atoms. The summed E-state index contributed by atoms with van der Waals surface area (Å²) in [5.74, 6) is -0.0466. The van der Waals surface area contributed by atoms with Crippen LogP contribution < -0.4 is 15.1 Å². The number of anilines is 2. The average molecular weight is 499 g/mol. The Morgan fingerprint density at radius 2 is 1.63 bits per heavy atom. The third kappa shape index (κ3) is 5.57. The van der Waals surface area contributed by atoms with E-state index in [1.807, 2.05) is 4.90 Å². The Kier molecular flexibility index (Phi) is 7.27. The van der Waals surface area contributed by atoms with Gasteiger partial charge < -0.3 is 15.1 Å². The van der Waals surface area contributed by atoms with Gasteiger partial charge in [0.15, 0.2) is 0 Å². The normalized spacial score (nSPS) is 14.3. The number of hydrogen-bond donors (Lipinski definition) is 1. The molecule has 0 saturated carbocycles. The molecule has 4 rings (SSSR count). The highest BCUT2D eigenvalue weighted by atomic mass is 32.2. The van der Waals surface area contributed by atoms with Crippen LogP contribution in [0.5, 0.6) is 0 Å². The first-order valence-corrected chi connectivity index (χ1v) is 12.6. The van der Waals surface area contributed by atoms with E-state index in [1.165, 1.54) is 44.4 Å². The molecule has 1 fully saturated rings. The zero-order valence-corrected chi connectivity index (χ0v) is 20.4. The molecule has 0 radical (unpaired) electrons. The van der Waals surface area contributed by atoms with E-state index in [0.717, 1.165) is 4.31 Å². The highest BCUT2D eigenvalue weighted by Crippen LogP contribution is 2.23. The maximum absolute atomic E-state index is 14.9. The summed E-state index contributed by atoms with van der Waals surface area (Å²) in [7, 11) is -0.674. The lowest BCUT2D eigenvalue weighted by molar-refractivity contribution is 0.0950. The third-order valence-electron chi connectivity index (χ3n) is 5.82. The molecule has 1 amide bonds. The molecular weight excluding hydrogens is 471 g/mol. The van der Waals surface area contributed by atoms with Crippen LogP contribution in [-0.2, 0) is 16.6 Å². The molecule has 3 aromatic rings. The molecule has 2 heterocycles. The molecule has 2 aromatic carbocycles. The summed E-state index contributed by atoms with van der Waals surface area (Å²) >= 11 is 0. The summed E-state index contributed by atoms with van der Waals surface area (Å²) in [6.45, 7) is 2.81. The minimum Gasteiger partial charge on any atom is -0.366 e. The van der Waals surface area contributed by atoms with Crippen molar-refractivity contribution in [3.05, 3.63) is 77.9 Å². The summed E-state index contributed by atoms with van der Waals surface area (Å²) < 4.78 is 40.3. The van der Waals surface area contributed by atoms with E-state index >= 15 is 0 Å². The van der Waals surface area contributed by atoms with Gasteiger partial charge in [-0.05, 0) is 48.0 Å². The number of halogens is 1. The van der Waals surface area contributed by atoms with Crippen LogP contribution in [0.1, 0.15) is 15.9 Å². The second kappa shape index (κ2) is 10.4. The van der Waals surface area contributed by atoms with Crippen LogP contribution in [0, 0.1) is 5.82 Å². The fraction of sp³-hybridized carbons (Fsp3) is 0.292. The van der Waals surface area contributed by atoms with Gasteiger partial charge in [-0.15, -0.1) is 0 Å². The molecule has 0 spiro atoms. The van der Waals surface area contributed by atoms with Crippen LogP contribution in [0.3, 0.4) is 0 Å². The molecule has 1 N–H and O–H groups in total. The summed E-state index contributed by atoms with van der Waals surface area (Å²) in [6.07, 6.45) is 3.41. The van der Waals surface area contributed by atoms with Gasteiger partial charge in [0.25, 0.3) is 5.91 Å². The summed E-state index contributed by atoms with van der Waals surface area (Å²) in [5.41, 5.74) is 1.47. The van der Waals surface area contributed by atoms with E-state index in [4.69, 9.17) is 0 Å². The Bertz CT molecular complexity index is 1280. The van der Waals surface area contributed by atoms with Gasteiger partial charge in [-0.1, -0.05) is 6.07 Å². The maximum Gasteiger partial charge on any atom is 0.251 e. The molecule has 11 heteroatoms. The Labute approximate surface area is 204 Å².